The molecule has 1 saturated heterocycles. The molecule has 1 fully saturated rings. The van der Waals surface area contributed by atoms with Gasteiger partial charge in [-0.15, -0.1) is 0 Å². The average molecular weight is 463 g/mol. The van der Waals surface area contributed by atoms with Crippen molar-refractivity contribution in [2.45, 2.75) is 31.4 Å². The van der Waals surface area contributed by atoms with E-state index in [1.807, 2.05) is 0 Å². The Balaban J connectivity index is 1.50. The van der Waals surface area contributed by atoms with Gasteiger partial charge in [-0.1, -0.05) is 12.1 Å². The highest BCUT2D eigenvalue weighted by atomic mass is 16.5. The Bertz CT molecular complexity index is 1190. The number of Topliss-reactive ketones (excluding diaryl/α,β-unsaturated/α-hetero) is 1. The van der Waals surface area contributed by atoms with Gasteiger partial charge in [0.2, 0.25) is 5.91 Å². The van der Waals surface area contributed by atoms with E-state index in [9.17, 15) is 19.5 Å². The van der Waals surface area contributed by atoms with E-state index in [0.717, 1.165) is 5.69 Å². The Morgan fingerprint density at radius 3 is 2.62 bits per heavy atom. The fourth-order valence-corrected chi connectivity index (χ4v) is 3.85. The van der Waals surface area contributed by atoms with Crippen molar-refractivity contribution < 1.29 is 24.2 Å². The molecule has 2 aromatic carbocycles. The van der Waals surface area contributed by atoms with Crippen LogP contribution in [0.5, 0.6) is 5.75 Å². The van der Waals surface area contributed by atoms with Gasteiger partial charge in [0, 0.05) is 24.5 Å². The lowest BCUT2D eigenvalue weighted by Crippen LogP contribution is -2.57. The minimum absolute atomic E-state index is 0.00399. The predicted octanol–water partition coefficient (Wildman–Crippen LogP) is 1.95. The highest BCUT2D eigenvalue weighted by Crippen LogP contribution is 2.26. The number of phenols is 1. The third-order valence-corrected chi connectivity index (χ3v) is 6.19. The first-order valence-electron chi connectivity index (χ1n) is 10.9. The smallest absolute Gasteiger partial charge is 0.251 e. The lowest BCUT2D eigenvalue weighted by atomic mass is 9.90. The molecule has 3 N–H and O–H groups in total. The van der Waals surface area contributed by atoms with Crippen molar-refractivity contribution in [1.29, 1.82) is 0 Å². The number of aromatic nitrogens is 2. The summed E-state index contributed by atoms with van der Waals surface area (Å²) in [5, 5.41) is 19.7. The Morgan fingerprint density at radius 2 is 2.00 bits per heavy atom. The van der Waals surface area contributed by atoms with Gasteiger partial charge in [-0.05, 0) is 61.9 Å². The number of nitrogens with zero attached hydrogens (tertiary/aromatic N) is 2. The lowest BCUT2D eigenvalue weighted by Gasteiger charge is -2.29. The third kappa shape index (κ3) is 4.69. The Morgan fingerprint density at radius 1 is 1.24 bits per heavy atom. The summed E-state index contributed by atoms with van der Waals surface area (Å²) in [6.45, 7) is 3.25. The molecule has 1 aromatic heterocycles. The van der Waals surface area contributed by atoms with Crippen molar-refractivity contribution in [1.82, 2.24) is 20.4 Å². The second-order valence-electron chi connectivity index (χ2n) is 8.42. The molecule has 9 heteroatoms. The molecule has 9 nitrogen and oxygen atoms in total. The van der Waals surface area contributed by atoms with E-state index in [-0.39, 0.29) is 30.6 Å². The van der Waals surface area contributed by atoms with Crippen LogP contribution in [0, 0.1) is 0 Å². The highest BCUT2D eigenvalue weighted by molar-refractivity contribution is 5.98. The number of benzene rings is 2. The largest absolute Gasteiger partial charge is 0.508 e. The molecule has 0 aliphatic carbocycles. The molecule has 3 unspecified atom stereocenters. The van der Waals surface area contributed by atoms with Gasteiger partial charge in [0.15, 0.2) is 5.78 Å². The van der Waals surface area contributed by atoms with Crippen LogP contribution in [0.3, 0.4) is 0 Å². The predicted molar refractivity (Wildman–Crippen MR) is 124 cm³/mol. The Labute approximate surface area is 196 Å². The summed E-state index contributed by atoms with van der Waals surface area (Å²) in [5.74, 6) is -1.87. The number of phenolic OH excluding ortho intramolecular Hbond substituents is 1. The number of rotatable bonds is 7. The fourth-order valence-electron chi connectivity index (χ4n) is 3.85. The van der Waals surface area contributed by atoms with Gasteiger partial charge in [-0.25, -0.2) is 4.68 Å². The fraction of sp³-hybridized carbons (Fsp3) is 0.280. The normalized spacial score (nSPS) is 20.6. The van der Waals surface area contributed by atoms with Crippen LogP contribution in [0.15, 0.2) is 67.0 Å². The van der Waals surface area contributed by atoms with Crippen LogP contribution in [-0.4, -0.2) is 57.3 Å². The maximum absolute atomic E-state index is 13.3. The van der Waals surface area contributed by atoms with E-state index in [0.29, 0.717) is 11.1 Å². The molecular weight excluding hydrogens is 436 g/mol. The first-order chi connectivity index (χ1) is 16.3. The molecule has 0 bridgehead atoms. The molecule has 0 spiro atoms. The first kappa shape index (κ1) is 23.2. The number of carbonyl (C=O) groups is 3. The molecule has 176 valence electrons. The topological polar surface area (TPSA) is 123 Å². The van der Waals surface area contributed by atoms with Gasteiger partial charge in [0.1, 0.15) is 17.9 Å². The van der Waals surface area contributed by atoms with E-state index in [2.05, 4.69) is 15.7 Å². The number of ether oxygens (including phenoxy) is 1. The summed E-state index contributed by atoms with van der Waals surface area (Å²) in [4.78, 5) is 38.4. The molecule has 3 aromatic rings. The molecular formula is C25H26N4O5. The number of hydrogen-bond donors (Lipinski definition) is 3. The van der Waals surface area contributed by atoms with E-state index < -0.39 is 23.5 Å². The number of amides is 2. The molecule has 4 rings (SSSR count). The number of carbonyl (C=O) groups excluding carboxylic acids is 3. The Hall–Kier alpha value is -3.98. The van der Waals surface area contributed by atoms with Crippen LogP contribution < -0.4 is 10.6 Å². The van der Waals surface area contributed by atoms with Crippen LogP contribution in [0.25, 0.3) is 5.69 Å². The maximum Gasteiger partial charge on any atom is 0.251 e. The Kier molecular flexibility index (Phi) is 6.47. The average Bonchev–Trinajstić information content (AvgIpc) is 3.44. The zero-order chi connectivity index (χ0) is 24.3. The van der Waals surface area contributed by atoms with Gasteiger partial charge in [-0.2, -0.15) is 5.10 Å². The van der Waals surface area contributed by atoms with Crippen molar-refractivity contribution >= 4 is 17.6 Å². The van der Waals surface area contributed by atoms with Gasteiger partial charge < -0.3 is 20.5 Å². The maximum atomic E-state index is 13.3. The molecule has 3 atom stereocenters. The van der Waals surface area contributed by atoms with E-state index in [1.165, 1.54) is 12.1 Å². The zero-order valence-electron chi connectivity index (χ0n) is 18.9. The molecule has 0 radical (unpaired) electrons. The quantitative estimate of drug-likeness (QED) is 0.493. The van der Waals surface area contributed by atoms with Crippen LogP contribution in [0.1, 0.15) is 35.7 Å². The van der Waals surface area contributed by atoms with Crippen molar-refractivity contribution in [3.63, 3.8) is 0 Å². The summed E-state index contributed by atoms with van der Waals surface area (Å²) >= 11 is 0. The monoisotopic (exact) mass is 462 g/mol. The van der Waals surface area contributed by atoms with Gasteiger partial charge >= 0.3 is 0 Å². The molecule has 1 aliphatic rings. The highest BCUT2D eigenvalue weighted by Gasteiger charge is 2.47. The molecule has 34 heavy (non-hydrogen) atoms. The standard InChI is InChI=1S/C25H26N4O5/c1-16-25(2,22(31)15-34-16)28-24(33)21(18-5-3-6-20(30)13-18)14-26-23(32)17-7-9-19(10-8-17)29-12-4-11-27-29/h3-13,16,21,30H,14-15H2,1-2H3,(H,26,32)(H,28,33). The summed E-state index contributed by atoms with van der Waals surface area (Å²) in [7, 11) is 0. The van der Waals surface area contributed by atoms with E-state index >= 15 is 0 Å². The summed E-state index contributed by atoms with van der Waals surface area (Å²) in [6, 6.07) is 15.0. The second kappa shape index (κ2) is 9.48. The van der Waals surface area contributed by atoms with Crippen LogP contribution in [0.4, 0.5) is 0 Å². The molecule has 2 heterocycles. The van der Waals surface area contributed by atoms with E-state index in [1.54, 1.807) is 73.4 Å². The number of aromatic hydroxyl groups is 1. The van der Waals surface area contributed by atoms with Gasteiger partial charge in [-0.3, -0.25) is 14.4 Å². The van der Waals surface area contributed by atoms with Crippen molar-refractivity contribution in [3.05, 3.63) is 78.1 Å². The summed E-state index contributed by atoms with van der Waals surface area (Å²) in [5.41, 5.74) is 0.572. The van der Waals surface area contributed by atoms with Crippen LogP contribution >= 0.6 is 0 Å². The van der Waals surface area contributed by atoms with Gasteiger partial charge in [0.05, 0.1) is 17.7 Å². The first-order valence-corrected chi connectivity index (χ1v) is 10.9. The number of ketones is 1. The minimum atomic E-state index is -1.17. The second-order valence-corrected chi connectivity index (χ2v) is 8.42. The summed E-state index contributed by atoms with van der Waals surface area (Å²) in [6.07, 6.45) is 2.98. The van der Waals surface area contributed by atoms with E-state index in [4.69, 9.17) is 4.74 Å². The van der Waals surface area contributed by atoms with Crippen molar-refractivity contribution in [2.75, 3.05) is 13.2 Å². The molecule has 1 aliphatic heterocycles. The summed E-state index contributed by atoms with van der Waals surface area (Å²) < 4.78 is 7.08. The molecule has 0 saturated carbocycles. The molecule has 2 amide bonds. The van der Waals surface area contributed by atoms with Crippen molar-refractivity contribution in [3.8, 4) is 11.4 Å². The van der Waals surface area contributed by atoms with Gasteiger partial charge in [0.25, 0.3) is 5.91 Å². The zero-order valence-corrected chi connectivity index (χ0v) is 18.9. The van der Waals surface area contributed by atoms with Crippen LogP contribution in [-0.2, 0) is 14.3 Å². The van der Waals surface area contributed by atoms with Crippen molar-refractivity contribution in [2.24, 2.45) is 0 Å². The minimum Gasteiger partial charge on any atom is -0.508 e. The lowest BCUT2D eigenvalue weighted by molar-refractivity contribution is -0.130. The SMILES string of the molecule is CC1OCC(=O)C1(C)NC(=O)C(CNC(=O)c1ccc(-n2cccn2)cc1)c1cccc(O)c1. The number of nitrogens with one attached hydrogen (secondary N) is 2. The van der Waals surface area contributed by atoms with Crippen LogP contribution in [0.2, 0.25) is 0 Å². The number of hydrogen-bond acceptors (Lipinski definition) is 6. The third-order valence-electron chi connectivity index (χ3n) is 6.19.